The van der Waals surface area contributed by atoms with Crippen LogP contribution in [0.4, 0.5) is 0 Å². The number of hydrogen-bond acceptors (Lipinski definition) is 4. The molecule has 0 aliphatic carbocycles. The van der Waals surface area contributed by atoms with Crippen molar-refractivity contribution in [3.63, 3.8) is 0 Å². The minimum absolute atomic E-state index is 0. The maximum absolute atomic E-state index is 5.65. The first-order chi connectivity index (χ1) is 12.3. The molecule has 0 amide bonds. The smallest absolute Gasteiger partial charge is 0.213 e. The van der Waals surface area contributed by atoms with Crippen LogP contribution in [-0.2, 0) is 13.1 Å². The van der Waals surface area contributed by atoms with Crippen LogP contribution in [-0.4, -0.2) is 31.2 Å². The van der Waals surface area contributed by atoms with E-state index in [1.165, 1.54) is 0 Å². The second-order valence-corrected chi connectivity index (χ2v) is 5.26. The van der Waals surface area contributed by atoms with Gasteiger partial charge in [0.25, 0.3) is 0 Å². The van der Waals surface area contributed by atoms with E-state index in [9.17, 15) is 0 Å². The van der Waals surface area contributed by atoms with Crippen molar-refractivity contribution in [2.24, 2.45) is 4.99 Å². The molecule has 0 aliphatic heterocycles. The lowest BCUT2D eigenvalue weighted by Crippen LogP contribution is -2.37. The molecule has 7 heteroatoms. The number of guanidine groups is 1. The van der Waals surface area contributed by atoms with E-state index >= 15 is 0 Å². The van der Waals surface area contributed by atoms with E-state index in [0.29, 0.717) is 25.6 Å². The van der Waals surface area contributed by atoms with Crippen molar-refractivity contribution >= 4 is 29.9 Å². The molecule has 0 saturated heterocycles. The Balaban J connectivity index is 0.00000338. The van der Waals surface area contributed by atoms with E-state index in [4.69, 9.17) is 9.47 Å². The standard InChI is InChI=1S/C19H26N4O2.HI/c1-4-20-19(22-14-16-10-8-12-18(23-16)24-3)21-13-15-9-6-7-11-17(15)25-5-2;/h6-12H,4-5,13-14H2,1-3H3,(H2,20,21,22);1H. The van der Waals surface area contributed by atoms with E-state index in [1.54, 1.807) is 7.11 Å². The van der Waals surface area contributed by atoms with Gasteiger partial charge in [0.05, 0.1) is 32.5 Å². The molecule has 1 aromatic carbocycles. The predicted octanol–water partition coefficient (Wildman–Crippen LogP) is 3.36. The number of nitrogens with one attached hydrogen (secondary N) is 2. The molecule has 6 nitrogen and oxygen atoms in total. The Morgan fingerprint density at radius 2 is 1.88 bits per heavy atom. The first-order valence-corrected chi connectivity index (χ1v) is 8.49. The summed E-state index contributed by atoms with van der Waals surface area (Å²) >= 11 is 0. The average Bonchev–Trinajstić information content (AvgIpc) is 2.65. The summed E-state index contributed by atoms with van der Waals surface area (Å²) in [6, 6.07) is 13.7. The van der Waals surface area contributed by atoms with Gasteiger partial charge in [0.1, 0.15) is 5.75 Å². The number of pyridine rings is 1. The lowest BCUT2D eigenvalue weighted by Gasteiger charge is -2.12. The fourth-order valence-electron chi connectivity index (χ4n) is 2.28. The SMILES string of the molecule is CCNC(=NCc1ccccc1OCC)NCc1cccc(OC)n1.I. The number of methoxy groups -OCH3 is 1. The Bertz CT molecular complexity index is 695. The third-order valence-electron chi connectivity index (χ3n) is 3.45. The molecule has 0 unspecified atom stereocenters. The molecule has 0 saturated carbocycles. The summed E-state index contributed by atoms with van der Waals surface area (Å²) in [5.74, 6) is 2.21. The van der Waals surface area contributed by atoms with Crippen molar-refractivity contribution in [2.75, 3.05) is 20.3 Å². The van der Waals surface area contributed by atoms with Crippen LogP contribution in [0.15, 0.2) is 47.5 Å². The normalized spacial score (nSPS) is 10.7. The molecule has 2 rings (SSSR count). The minimum atomic E-state index is 0. The Hall–Kier alpha value is -2.03. The monoisotopic (exact) mass is 470 g/mol. The lowest BCUT2D eigenvalue weighted by atomic mass is 10.2. The number of ether oxygens (including phenoxy) is 2. The maximum atomic E-state index is 5.65. The number of halogens is 1. The third-order valence-corrected chi connectivity index (χ3v) is 3.45. The molecule has 142 valence electrons. The van der Waals surface area contributed by atoms with Gasteiger partial charge in [0.15, 0.2) is 5.96 Å². The number of rotatable bonds is 8. The predicted molar refractivity (Wildman–Crippen MR) is 115 cm³/mol. The van der Waals surface area contributed by atoms with Gasteiger partial charge in [-0.3, -0.25) is 0 Å². The van der Waals surface area contributed by atoms with E-state index in [2.05, 4.69) is 20.6 Å². The molecule has 26 heavy (non-hydrogen) atoms. The van der Waals surface area contributed by atoms with E-state index in [0.717, 1.165) is 29.5 Å². The molecule has 0 fully saturated rings. The third kappa shape index (κ3) is 7.07. The largest absolute Gasteiger partial charge is 0.494 e. The summed E-state index contributed by atoms with van der Waals surface area (Å²) in [7, 11) is 1.61. The first-order valence-electron chi connectivity index (χ1n) is 8.49. The molecule has 0 bridgehead atoms. The number of para-hydroxylation sites is 1. The highest BCUT2D eigenvalue weighted by molar-refractivity contribution is 14.0. The molecule has 0 aliphatic rings. The molecule has 0 spiro atoms. The van der Waals surface area contributed by atoms with Crippen LogP contribution in [0.1, 0.15) is 25.1 Å². The van der Waals surface area contributed by atoms with Gasteiger partial charge >= 0.3 is 0 Å². The Morgan fingerprint density at radius 1 is 1.08 bits per heavy atom. The van der Waals surface area contributed by atoms with E-state index in [-0.39, 0.29) is 24.0 Å². The van der Waals surface area contributed by atoms with E-state index in [1.807, 2.05) is 56.3 Å². The fraction of sp³-hybridized carbons (Fsp3) is 0.368. The molecule has 1 aromatic heterocycles. The highest BCUT2D eigenvalue weighted by Crippen LogP contribution is 2.18. The molecule has 2 N–H and O–H groups in total. The highest BCUT2D eigenvalue weighted by Gasteiger charge is 2.04. The van der Waals surface area contributed by atoms with Crippen LogP contribution in [0.25, 0.3) is 0 Å². The Labute approximate surface area is 172 Å². The summed E-state index contributed by atoms with van der Waals surface area (Å²) in [5, 5.41) is 6.53. The number of aromatic nitrogens is 1. The quantitative estimate of drug-likeness (QED) is 0.352. The van der Waals surface area contributed by atoms with E-state index < -0.39 is 0 Å². The van der Waals surface area contributed by atoms with Crippen molar-refractivity contribution in [1.82, 2.24) is 15.6 Å². The molecule has 1 heterocycles. The van der Waals surface area contributed by atoms with Gasteiger partial charge in [0.2, 0.25) is 5.88 Å². The van der Waals surface area contributed by atoms with Crippen LogP contribution in [0, 0.1) is 0 Å². The summed E-state index contributed by atoms with van der Waals surface area (Å²) in [6.45, 7) is 6.54. The lowest BCUT2D eigenvalue weighted by molar-refractivity contribution is 0.336. The van der Waals surface area contributed by atoms with Crippen LogP contribution >= 0.6 is 24.0 Å². The minimum Gasteiger partial charge on any atom is -0.494 e. The highest BCUT2D eigenvalue weighted by atomic mass is 127. The molecular formula is C19H27IN4O2. The summed E-state index contributed by atoms with van der Waals surface area (Å²) in [6.07, 6.45) is 0. The summed E-state index contributed by atoms with van der Waals surface area (Å²) in [5.41, 5.74) is 1.95. The maximum Gasteiger partial charge on any atom is 0.213 e. The van der Waals surface area contributed by atoms with Crippen LogP contribution in [0.5, 0.6) is 11.6 Å². The molecule has 0 atom stereocenters. The van der Waals surface area contributed by atoms with Gasteiger partial charge in [-0.2, -0.15) is 0 Å². The zero-order valence-corrected chi connectivity index (χ0v) is 17.8. The number of benzene rings is 1. The van der Waals surface area contributed by atoms with Gasteiger partial charge < -0.3 is 20.1 Å². The van der Waals surface area contributed by atoms with Crippen LogP contribution in [0.3, 0.4) is 0 Å². The number of aliphatic imine (C=N–C) groups is 1. The van der Waals surface area contributed by atoms with Crippen molar-refractivity contribution in [3.8, 4) is 11.6 Å². The molecule has 2 aromatic rings. The zero-order chi connectivity index (χ0) is 17.9. The number of nitrogens with zero attached hydrogens (tertiary/aromatic N) is 2. The van der Waals surface area contributed by atoms with Gasteiger partial charge in [0, 0.05) is 18.2 Å². The average molecular weight is 470 g/mol. The van der Waals surface area contributed by atoms with Crippen molar-refractivity contribution in [1.29, 1.82) is 0 Å². The van der Waals surface area contributed by atoms with Gasteiger partial charge in [-0.25, -0.2) is 9.98 Å². The van der Waals surface area contributed by atoms with Crippen molar-refractivity contribution < 1.29 is 9.47 Å². The second-order valence-electron chi connectivity index (χ2n) is 5.26. The first kappa shape index (κ1) is 22.0. The summed E-state index contributed by atoms with van der Waals surface area (Å²) < 4.78 is 10.8. The summed E-state index contributed by atoms with van der Waals surface area (Å²) in [4.78, 5) is 9.03. The van der Waals surface area contributed by atoms with Crippen molar-refractivity contribution in [2.45, 2.75) is 26.9 Å². The molecular weight excluding hydrogens is 443 g/mol. The number of hydrogen-bond donors (Lipinski definition) is 2. The Morgan fingerprint density at radius 3 is 2.62 bits per heavy atom. The van der Waals surface area contributed by atoms with Gasteiger partial charge in [-0.1, -0.05) is 24.3 Å². The van der Waals surface area contributed by atoms with Crippen LogP contribution < -0.4 is 20.1 Å². The van der Waals surface area contributed by atoms with Crippen LogP contribution in [0.2, 0.25) is 0 Å². The molecule has 0 radical (unpaired) electrons. The second kappa shape index (κ2) is 12.3. The fourth-order valence-corrected chi connectivity index (χ4v) is 2.28. The Kier molecular flexibility index (Phi) is 10.5. The van der Waals surface area contributed by atoms with Crippen molar-refractivity contribution in [3.05, 3.63) is 53.7 Å². The van der Waals surface area contributed by atoms with Gasteiger partial charge in [-0.15, -0.1) is 24.0 Å². The zero-order valence-electron chi connectivity index (χ0n) is 15.5. The van der Waals surface area contributed by atoms with Gasteiger partial charge in [-0.05, 0) is 26.0 Å². The topological polar surface area (TPSA) is 67.8 Å².